The van der Waals surface area contributed by atoms with Crippen LogP contribution in [0.1, 0.15) is 28.2 Å². The number of ether oxygens (including phenoxy) is 2. The predicted molar refractivity (Wildman–Crippen MR) is 106 cm³/mol. The molecule has 1 atom stereocenters. The predicted octanol–water partition coefficient (Wildman–Crippen LogP) is 2.85. The van der Waals surface area contributed by atoms with Crippen molar-refractivity contribution in [1.29, 1.82) is 0 Å². The molecule has 1 amide bonds. The lowest BCUT2D eigenvalue weighted by Gasteiger charge is -2.10. The molecule has 8 heteroatoms. The number of fused-ring (bicyclic) bond motifs is 1. The van der Waals surface area contributed by atoms with Gasteiger partial charge in [-0.1, -0.05) is 18.2 Å². The maximum Gasteiger partial charge on any atom is 0.348 e. The van der Waals surface area contributed by atoms with Crippen LogP contribution in [0.2, 0.25) is 0 Å². The lowest BCUT2D eigenvalue weighted by atomic mass is 10.2. The molecule has 28 heavy (non-hydrogen) atoms. The Labute approximate surface area is 166 Å². The molecule has 1 saturated heterocycles. The summed E-state index contributed by atoms with van der Waals surface area (Å²) in [5.41, 5.74) is 1.76. The molecule has 1 aliphatic heterocycles. The number of benzene rings is 1. The Morgan fingerprint density at radius 1 is 1.36 bits per heavy atom. The van der Waals surface area contributed by atoms with E-state index in [1.165, 1.54) is 11.3 Å². The topological polar surface area (TPSA) is 82.5 Å². The van der Waals surface area contributed by atoms with E-state index in [9.17, 15) is 9.59 Å². The number of thiophene rings is 1. The van der Waals surface area contributed by atoms with Crippen LogP contribution in [0.3, 0.4) is 0 Å². The number of aryl methyl sites for hydroxylation is 1. The third kappa shape index (κ3) is 3.93. The first-order valence-electron chi connectivity index (χ1n) is 9.22. The van der Waals surface area contributed by atoms with Gasteiger partial charge in [0.15, 0.2) is 6.61 Å². The highest BCUT2D eigenvalue weighted by Gasteiger charge is 2.20. The minimum Gasteiger partial charge on any atom is -0.451 e. The van der Waals surface area contributed by atoms with E-state index in [4.69, 9.17) is 9.47 Å². The number of nitrogens with zero attached hydrogens (tertiary/aromatic N) is 2. The van der Waals surface area contributed by atoms with Crippen LogP contribution in [0.5, 0.6) is 0 Å². The average molecular weight is 399 g/mol. The number of hydrogen-bond donors (Lipinski definition) is 1. The standard InChI is InChI=1S/C20H21N3O4S/c1-13-16-10-17(28-19(16)23(22-13)14-6-3-2-4-7-14)20(25)27-12-18(24)21-11-15-8-5-9-26-15/h2-4,6-7,10,15H,5,8-9,11-12H2,1H3,(H,21,24)/t15-/m1/s1. The summed E-state index contributed by atoms with van der Waals surface area (Å²) in [6, 6.07) is 11.5. The molecule has 1 fully saturated rings. The summed E-state index contributed by atoms with van der Waals surface area (Å²) in [5.74, 6) is -0.830. The largest absolute Gasteiger partial charge is 0.451 e. The molecule has 4 rings (SSSR count). The summed E-state index contributed by atoms with van der Waals surface area (Å²) >= 11 is 1.31. The maximum absolute atomic E-state index is 12.4. The lowest BCUT2D eigenvalue weighted by molar-refractivity contribution is -0.124. The average Bonchev–Trinajstić information content (AvgIpc) is 3.44. The van der Waals surface area contributed by atoms with Crippen LogP contribution in [0.25, 0.3) is 15.9 Å². The number of carbonyl (C=O) groups excluding carboxylic acids is 2. The quantitative estimate of drug-likeness (QED) is 0.645. The second kappa shape index (κ2) is 8.12. The second-order valence-electron chi connectivity index (χ2n) is 6.68. The third-order valence-electron chi connectivity index (χ3n) is 4.63. The number of carbonyl (C=O) groups is 2. The van der Waals surface area contributed by atoms with Crippen LogP contribution in [-0.4, -0.2) is 47.5 Å². The van der Waals surface area contributed by atoms with Gasteiger partial charge in [-0.2, -0.15) is 5.10 Å². The van der Waals surface area contributed by atoms with Crippen molar-refractivity contribution in [3.05, 3.63) is 47.0 Å². The van der Waals surface area contributed by atoms with E-state index < -0.39 is 5.97 Å². The molecule has 0 radical (unpaired) electrons. The molecule has 3 aromatic rings. The van der Waals surface area contributed by atoms with E-state index in [1.807, 2.05) is 41.9 Å². The summed E-state index contributed by atoms with van der Waals surface area (Å²) < 4.78 is 12.5. The van der Waals surface area contributed by atoms with E-state index >= 15 is 0 Å². The Morgan fingerprint density at radius 2 is 2.18 bits per heavy atom. The normalized spacial score (nSPS) is 16.4. The summed E-state index contributed by atoms with van der Waals surface area (Å²) in [6.07, 6.45) is 2.02. The van der Waals surface area contributed by atoms with Crippen LogP contribution in [0, 0.1) is 6.92 Å². The molecule has 0 saturated carbocycles. The molecule has 2 aromatic heterocycles. The van der Waals surface area contributed by atoms with E-state index in [0.29, 0.717) is 11.4 Å². The Bertz CT molecular complexity index is 990. The minimum absolute atomic E-state index is 0.0613. The number of amides is 1. The van der Waals surface area contributed by atoms with Gasteiger partial charge in [-0.05, 0) is 38.0 Å². The van der Waals surface area contributed by atoms with E-state index in [0.717, 1.165) is 41.0 Å². The van der Waals surface area contributed by atoms with Gasteiger partial charge >= 0.3 is 5.97 Å². The highest BCUT2D eigenvalue weighted by Crippen LogP contribution is 2.30. The number of hydrogen-bond acceptors (Lipinski definition) is 6. The highest BCUT2D eigenvalue weighted by molar-refractivity contribution is 7.20. The summed E-state index contributed by atoms with van der Waals surface area (Å²) in [6.45, 7) is 2.79. The zero-order valence-corrected chi connectivity index (χ0v) is 16.3. The summed E-state index contributed by atoms with van der Waals surface area (Å²) in [4.78, 5) is 25.6. The zero-order valence-electron chi connectivity index (χ0n) is 15.5. The maximum atomic E-state index is 12.4. The van der Waals surface area contributed by atoms with E-state index in [1.54, 1.807) is 6.07 Å². The highest BCUT2D eigenvalue weighted by atomic mass is 32.1. The summed E-state index contributed by atoms with van der Waals surface area (Å²) in [5, 5.41) is 8.20. The Balaban J connectivity index is 1.41. The van der Waals surface area contributed by atoms with Crippen LogP contribution >= 0.6 is 11.3 Å². The zero-order chi connectivity index (χ0) is 19.5. The second-order valence-corrected chi connectivity index (χ2v) is 7.71. The molecule has 0 aliphatic carbocycles. The molecular weight excluding hydrogens is 378 g/mol. The molecule has 146 valence electrons. The van der Waals surface area contributed by atoms with Crippen molar-refractivity contribution in [2.24, 2.45) is 0 Å². The van der Waals surface area contributed by atoms with Gasteiger partial charge in [0.25, 0.3) is 5.91 Å². The van der Waals surface area contributed by atoms with Crippen molar-refractivity contribution < 1.29 is 19.1 Å². The van der Waals surface area contributed by atoms with Crippen LogP contribution in [0.4, 0.5) is 0 Å². The fraction of sp³-hybridized carbons (Fsp3) is 0.350. The van der Waals surface area contributed by atoms with Crippen LogP contribution in [0.15, 0.2) is 36.4 Å². The van der Waals surface area contributed by atoms with Gasteiger partial charge in [-0.25, -0.2) is 9.48 Å². The fourth-order valence-corrected chi connectivity index (χ4v) is 4.25. The lowest BCUT2D eigenvalue weighted by Crippen LogP contribution is -2.34. The van der Waals surface area contributed by atoms with Crippen molar-refractivity contribution in [1.82, 2.24) is 15.1 Å². The first-order chi connectivity index (χ1) is 13.6. The van der Waals surface area contributed by atoms with Gasteiger partial charge in [0.05, 0.1) is 17.5 Å². The minimum atomic E-state index is -0.507. The summed E-state index contributed by atoms with van der Waals surface area (Å²) in [7, 11) is 0. The van der Waals surface area contributed by atoms with Gasteiger partial charge in [0.1, 0.15) is 9.71 Å². The number of rotatable bonds is 6. The molecular formula is C20H21N3O4S. The SMILES string of the molecule is Cc1nn(-c2ccccc2)c2sc(C(=O)OCC(=O)NC[C@H]3CCCO3)cc12. The van der Waals surface area contributed by atoms with Crippen molar-refractivity contribution in [2.75, 3.05) is 19.8 Å². The number of nitrogens with one attached hydrogen (secondary N) is 1. The number of esters is 1. The van der Waals surface area contributed by atoms with Gasteiger partial charge in [-0.15, -0.1) is 11.3 Å². The first-order valence-corrected chi connectivity index (χ1v) is 10.0. The van der Waals surface area contributed by atoms with Gasteiger partial charge < -0.3 is 14.8 Å². The monoisotopic (exact) mass is 399 g/mol. The van der Waals surface area contributed by atoms with Gasteiger partial charge in [0, 0.05) is 18.5 Å². The molecule has 3 heterocycles. The third-order valence-corrected chi connectivity index (χ3v) is 5.72. The molecule has 0 spiro atoms. The van der Waals surface area contributed by atoms with Crippen LogP contribution in [-0.2, 0) is 14.3 Å². The van der Waals surface area contributed by atoms with Gasteiger partial charge in [0.2, 0.25) is 0 Å². The molecule has 0 bridgehead atoms. The van der Waals surface area contributed by atoms with Crippen molar-refractivity contribution in [2.45, 2.75) is 25.9 Å². The molecule has 1 aliphatic rings. The van der Waals surface area contributed by atoms with Crippen molar-refractivity contribution in [3.63, 3.8) is 0 Å². The number of aromatic nitrogens is 2. The van der Waals surface area contributed by atoms with Crippen LogP contribution < -0.4 is 5.32 Å². The van der Waals surface area contributed by atoms with Crippen molar-refractivity contribution >= 4 is 33.4 Å². The smallest absolute Gasteiger partial charge is 0.348 e. The van der Waals surface area contributed by atoms with E-state index in [2.05, 4.69) is 10.4 Å². The van der Waals surface area contributed by atoms with Gasteiger partial charge in [-0.3, -0.25) is 4.79 Å². The first kappa shape index (κ1) is 18.6. The molecule has 7 nitrogen and oxygen atoms in total. The molecule has 0 unspecified atom stereocenters. The molecule has 1 N–H and O–H groups in total. The van der Waals surface area contributed by atoms with E-state index in [-0.39, 0.29) is 18.6 Å². The van der Waals surface area contributed by atoms with Crippen molar-refractivity contribution in [3.8, 4) is 5.69 Å². The Hall–Kier alpha value is -2.71. The molecule has 1 aromatic carbocycles. The number of para-hydroxylation sites is 1. The fourth-order valence-electron chi connectivity index (χ4n) is 3.18. The Morgan fingerprint density at radius 3 is 2.93 bits per heavy atom. The Kier molecular flexibility index (Phi) is 5.40.